The Morgan fingerprint density at radius 3 is 0.644 bits per heavy atom. The normalized spacial score (nSPS) is 11.1. The van der Waals surface area contributed by atoms with Crippen molar-refractivity contribution in [2.24, 2.45) is 0 Å². The van der Waals surface area contributed by atoms with Crippen LogP contribution in [0.3, 0.4) is 0 Å². The number of aromatic nitrogens is 8. The van der Waals surface area contributed by atoms with E-state index in [0.717, 1.165) is 112 Å². The largest absolute Gasteiger partial charge is 0.256 e. The molecule has 0 fully saturated rings. The van der Waals surface area contributed by atoms with E-state index < -0.39 is 0 Å². The summed E-state index contributed by atoms with van der Waals surface area (Å²) < 4.78 is 0. The van der Waals surface area contributed by atoms with Crippen molar-refractivity contribution in [1.82, 2.24) is 39.9 Å². The average Bonchev–Trinajstić information content (AvgIpc) is 0.711. The van der Waals surface area contributed by atoms with E-state index >= 15 is 0 Å². The van der Waals surface area contributed by atoms with Gasteiger partial charge in [-0.25, -0.2) is 34.9 Å². The Kier molecular flexibility index (Phi) is 17.7. The summed E-state index contributed by atoms with van der Waals surface area (Å²) in [7, 11) is 0. The van der Waals surface area contributed by atoms with Gasteiger partial charge in [0.05, 0.1) is 17.1 Å². The third-order valence-corrected chi connectivity index (χ3v) is 18.7. The molecule has 0 unspecified atom stereocenters. The second-order valence-electron chi connectivity index (χ2n) is 25.4. The molecule has 0 aliphatic rings. The Labute approximate surface area is 603 Å². The average molecular weight is 1330 g/mol. The van der Waals surface area contributed by atoms with E-state index in [0.29, 0.717) is 34.9 Å². The molecule has 0 spiro atoms. The molecular formula is C96H64N8. The van der Waals surface area contributed by atoms with Gasteiger partial charge >= 0.3 is 0 Å². The molecule has 0 N–H and O–H groups in total. The molecule has 4 aromatic heterocycles. The van der Waals surface area contributed by atoms with Crippen LogP contribution >= 0.6 is 0 Å². The Balaban J connectivity index is 0.000000158. The van der Waals surface area contributed by atoms with Crippen LogP contribution in [0.4, 0.5) is 0 Å². The monoisotopic (exact) mass is 1330 g/mol. The van der Waals surface area contributed by atoms with Crippen LogP contribution in [0.15, 0.2) is 388 Å². The summed E-state index contributed by atoms with van der Waals surface area (Å²) in [6.45, 7) is 0. The summed E-state index contributed by atoms with van der Waals surface area (Å²) in [5.74, 6) is 3.87. The fourth-order valence-electron chi connectivity index (χ4n) is 13.3. The molecule has 8 nitrogen and oxygen atoms in total. The van der Waals surface area contributed by atoms with Crippen LogP contribution in [-0.2, 0) is 0 Å². The lowest BCUT2D eigenvalue weighted by atomic mass is 9.90. The van der Waals surface area contributed by atoms with Crippen molar-refractivity contribution in [2.75, 3.05) is 0 Å². The lowest BCUT2D eigenvalue weighted by molar-refractivity contribution is 1.07. The van der Waals surface area contributed by atoms with Crippen molar-refractivity contribution in [1.29, 1.82) is 0 Å². The van der Waals surface area contributed by atoms with Gasteiger partial charge in [-0.3, -0.25) is 4.98 Å². The number of hydrogen-bond donors (Lipinski definition) is 0. The molecule has 18 aromatic rings. The van der Waals surface area contributed by atoms with Crippen molar-refractivity contribution in [3.05, 3.63) is 388 Å². The van der Waals surface area contributed by atoms with Crippen molar-refractivity contribution < 1.29 is 0 Å². The molecule has 0 aliphatic heterocycles. The Morgan fingerprint density at radius 1 is 0.135 bits per heavy atom. The molecule has 0 saturated heterocycles. The first-order valence-corrected chi connectivity index (χ1v) is 34.8. The van der Waals surface area contributed by atoms with Crippen LogP contribution < -0.4 is 0 Å². The standard InChI is InChI=1S/C54H36N4.C42H28N4/c1-5-15-37(16-6-1)47-35-50(40-17-7-2-8-18-40)55-51(36-47)41-29-25-38(26-30-41)48-33-45-23-13-14-24-46(45)34-49(48)39-27-31-44(32-28-39)54-57-52(42-19-9-3-10-20-42)56-53(58-54)43-21-11-4-12-22-43;1-3-11-32(12-4-1)40-44-41(33-13-5-2-6-14-33)46-42(45-40)34-24-20-30(21-25-34)38-28-36-16-8-7-15-35(36)27-37(38)29-18-22-31(23-19-29)39-17-9-10-26-43-39/h1-36H;1-28H. The van der Waals surface area contributed by atoms with E-state index in [4.69, 9.17) is 34.9 Å². The Hall–Kier alpha value is -14.1. The van der Waals surface area contributed by atoms with E-state index in [1.54, 1.807) is 0 Å². The lowest BCUT2D eigenvalue weighted by Crippen LogP contribution is -2.00. The van der Waals surface area contributed by atoms with Gasteiger partial charge in [-0.05, 0) is 126 Å². The topological polar surface area (TPSA) is 103 Å². The van der Waals surface area contributed by atoms with Crippen molar-refractivity contribution in [2.45, 2.75) is 0 Å². The second-order valence-corrected chi connectivity index (χ2v) is 25.4. The van der Waals surface area contributed by atoms with Crippen molar-refractivity contribution >= 4 is 21.5 Å². The van der Waals surface area contributed by atoms with Gasteiger partial charge < -0.3 is 0 Å². The van der Waals surface area contributed by atoms with Gasteiger partial charge in [-0.2, -0.15) is 0 Å². The summed E-state index contributed by atoms with van der Waals surface area (Å²) in [6.07, 6.45) is 1.83. The number of rotatable bonds is 14. The Bertz CT molecular complexity index is 5630. The zero-order chi connectivity index (χ0) is 69.4. The molecule has 0 aliphatic carbocycles. The van der Waals surface area contributed by atoms with Gasteiger partial charge in [-0.15, -0.1) is 0 Å². The maximum Gasteiger partial charge on any atom is 0.164 e. The first-order valence-electron chi connectivity index (χ1n) is 34.8. The molecule has 104 heavy (non-hydrogen) atoms. The lowest BCUT2D eigenvalue weighted by Gasteiger charge is -2.15. The maximum atomic E-state index is 5.17. The molecule has 8 heteroatoms. The molecule has 0 radical (unpaired) electrons. The Morgan fingerprint density at radius 2 is 0.356 bits per heavy atom. The van der Waals surface area contributed by atoms with Crippen molar-refractivity contribution in [3.63, 3.8) is 0 Å². The highest BCUT2D eigenvalue weighted by Gasteiger charge is 2.19. The maximum absolute atomic E-state index is 5.17. The van der Waals surface area contributed by atoms with Gasteiger partial charge in [0.25, 0.3) is 0 Å². The fraction of sp³-hybridized carbons (Fsp3) is 0. The van der Waals surface area contributed by atoms with E-state index in [-0.39, 0.29) is 0 Å². The molecule has 0 bridgehead atoms. The van der Waals surface area contributed by atoms with E-state index in [2.05, 4.69) is 242 Å². The van der Waals surface area contributed by atoms with Crippen molar-refractivity contribution in [3.8, 4) is 158 Å². The predicted octanol–water partition coefficient (Wildman–Crippen LogP) is 24.2. The zero-order valence-electron chi connectivity index (χ0n) is 56.5. The quantitative estimate of drug-likeness (QED) is 0.106. The van der Waals surface area contributed by atoms with Crippen LogP contribution in [0.5, 0.6) is 0 Å². The second kappa shape index (κ2) is 29.0. The SMILES string of the molecule is c1ccc(-c2cc(-c3ccccc3)nc(-c3ccc(-c4cc5ccccc5cc4-c4ccc(-c5nc(-c6ccccc6)nc(-c6ccccc6)n5)cc4)cc3)c2)cc1.c1ccc(-c2nc(-c3ccccc3)nc(-c3ccc(-c4cc5ccccc5cc4-c4ccc(-c5ccccn5)cc4)cc3)n2)cc1. The van der Waals surface area contributed by atoms with E-state index in [9.17, 15) is 0 Å². The highest BCUT2D eigenvalue weighted by molar-refractivity contribution is 5.99. The third-order valence-electron chi connectivity index (χ3n) is 18.7. The molecule has 4 heterocycles. The van der Waals surface area contributed by atoms with Crippen LogP contribution in [-0.4, -0.2) is 39.9 Å². The molecule has 0 atom stereocenters. The number of fused-ring (bicyclic) bond motifs is 2. The minimum Gasteiger partial charge on any atom is -0.256 e. The molecule has 488 valence electrons. The van der Waals surface area contributed by atoms with Crippen LogP contribution in [0.2, 0.25) is 0 Å². The van der Waals surface area contributed by atoms with E-state index in [1.165, 1.54) is 32.7 Å². The summed E-state index contributed by atoms with van der Waals surface area (Å²) >= 11 is 0. The minimum atomic E-state index is 0.633. The van der Waals surface area contributed by atoms with Gasteiger partial charge in [-0.1, -0.05) is 334 Å². The van der Waals surface area contributed by atoms with Gasteiger partial charge in [0.15, 0.2) is 34.9 Å². The summed E-state index contributed by atoms with van der Waals surface area (Å²) in [6, 6.07) is 132. The molecule has 0 saturated carbocycles. The highest BCUT2D eigenvalue weighted by Crippen LogP contribution is 2.41. The number of hydrogen-bond acceptors (Lipinski definition) is 8. The molecule has 14 aromatic carbocycles. The van der Waals surface area contributed by atoms with Crippen LogP contribution in [0, 0.1) is 0 Å². The summed E-state index contributed by atoms with van der Waals surface area (Å²) in [4.78, 5) is 39.2. The van der Waals surface area contributed by atoms with Crippen LogP contribution in [0.1, 0.15) is 0 Å². The minimum absolute atomic E-state index is 0.633. The molecule has 18 rings (SSSR count). The van der Waals surface area contributed by atoms with Gasteiger partial charge in [0.2, 0.25) is 0 Å². The molecular weight excluding hydrogens is 1270 g/mol. The zero-order valence-corrected chi connectivity index (χ0v) is 56.5. The smallest absolute Gasteiger partial charge is 0.164 e. The van der Waals surface area contributed by atoms with Crippen LogP contribution in [0.25, 0.3) is 179 Å². The van der Waals surface area contributed by atoms with Gasteiger partial charge in [0, 0.05) is 56.3 Å². The third kappa shape index (κ3) is 13.7. The number of pyridine rings is 2. The predicted molar refractivity (Wildman–Crippen MR) is 426 cm³/mol. The number of nitrogens with zero attached hydrogens (tertiary/aromatic N) is 8. The fourth-order valence-corrected chi connectivity index (χ4v) is 13.3. The number of benzene rings is 14. The highest BCUT2D eigenvalue weighted by atomic mass is 15.0. The first kappa shape index (κ1) is 63.4. The summed E-state index contributed by atoms with van der Waals surface area (Å²) in [5.41, 5.74) is 23.2. The summed E-state index contributed by atoms with van der Waals surface area (Å²) in [5, 5.41) is 4.79. The molecule has 0 amide bonds. The first-order chi connectivity index (χ1) is 51.5. The van der Waals surface area contributed by atoms with Gasteiger partial charge in [0.1, 0.15) is 0 Å². The van der Waals surface area contributed by atoms with E-state index in [1.807, 2.05) is 152 Å².